The number of thiophene rings is 1. The maximum absolute atomic E-state index is 13.1. The first kappa shape index (κ1) is 25.3. The molecule has 0 bridgehead atoms. The van der Waals surface area contributed by atoms with Crippen LogP contribution in [0.3, 0.4) is 0 Å². The first-order valence-corrected chi connectivity index (χ1v) is 13.5. The summed E-state index contributed by atoms with van der Waals surface area (Å²) in [4.78, 5) is 45.3. The van der Waals surface area contributed by atoms with Crippen molar-refractivity contribution < 1.29 is 19.1 Å². The van der Waals surface area contributed by atoms with Crippen LogP contribution in [0.5, 0.6) is 0 Å². The number of benzene rings is 1. The first-order valence-electron chi connectivity index (χ1n) is 12.7. The molecule has 1 aliphatic carbocycles. The minimum atomic E-state index is -0.513. The zero-order valence-corrected chi connectivity index (χ0v) is 22.5. The Morgan fingerprint density at radius 1 is 1.11 bits per heavy atom. The van der Waals surface area contributed by atoms with Gasteiger partial charge in [-0.05, 0) is 76.6 Å². The van der Waals surface area contributed by atoms with Crippen LogP contribution in [0.15, 0.2) is 36.4 Å². The lowest BCUT2D eigenvalue weighted by atomic mass is 9.65. The second kappa shape index (κ2) is 9.48. The van der Waals surface area contributed by atoms with E-state index in [-0.39, 0.29) is 29.4 Å². The van der Waals surface area contributed by atoms with E-state index in [1.165, 1.54) is 0 Å². The van der Waals surface area contributed by atoms with Gasteiger partial charge >= 0.3 is 6.09 Å². The minimum Gasteiger partial charge on any atom is -0.444 e. The summed E-state index contributed by atoms with van der Waals surface area (Å²) < 4.78 is 7.69. The van der Waals surface area contributed by atoms with Crippen molar-refractivity contribution in [1.29, 1.82) is 0 Å². The third-order valence-corrected chi connectivity index (χ3v) is 8.09. The molecular weight excluding hydrogens is 490 g/mol. The number of fused-ring (bicyclic) bond motifs is 1. The van der Waals surface area contributed by atoms with E-state index in [0.717, 1.165) is 41.6 Å². The first-order chi connectivity index (χ1) is 17.6. The third kappa shape index (κ3) is 5.07. The van der Waals surface area contributed by atoms with Gasteiger partial charge in [-0.1, -0.05) is 12.1 Å². The predicted octanol–water partition coefficient (Wildman–Crippen LogP) is 5.06. The lowest BCUT2D eigenvalue weighted by Gasteiger charge is -2.46. The van der Waals surface area contributed by atoms with E-state index >= 15 is 0 Å². The number of likely N-dealkylation sites (tertiary alicyclic amines) is 1. The monoisotopic (exact) mass is 523 g/mol. The fourth-order valence-corrected chi connectivity index (χ4v) is 6.19. The molecule has 2 N–H and O–H groups in total. The van der Waals surface area contributed by atoms with Crippen LogP contribution >= 0.6 is 11.3 Å². The summed E-state index contributed by atoms with van der Waals surface area (Å²) >= 11 is 1.16. The third-order valence-electron chi connectivity index (χ3n) is 7.00. The van der Waals surface area contributed by atoms with E-state index in [2.05, 4.69) is 15.2 Å². The number of carbonyl (C=O) groups is 3. The van der Waals surface area contributed by atoms with Crippen molar-refractivity contribution in [1.82, 2.24) is 19.8 Å². The topological polar surface area (TPSA) is 106 Å². The zero-order valence-electron chi connectivity index (χ0n) is 21.7. The molecule has 0 unspecified atom stereocenters. The number of amides is 3. The molecule has 1 spiro atoms. The molecule has 3 aromatic rings. The summed E-state index contributed by atoms with van der Waals surface area (Å²) in [7, 11) is 0. The van der Waals surface area contributed by atoms with Gasteiger partial charge in [0, 0.05) is 25.7 Å². The van der Waals surface area contributed by atoms with Gasteiger partial charge in [-0.15, -0.1) is 11.3 Å². The molecule has 3 heterocycles. The zero-order chi connectivity index (χ0) is 26.4. The lowest BCUT2D eigenvalue weighted by Crippen LogP contribution is -2.43. The highest BCUT2D eigenvalue weighted by Gasteiger charge is 2.51. The molecule has 2 aromatic heterocycles. The molecule has 0 atom stereocenters. The van der Waals surface area contributed by atoms with E-state index in [9.17, 15) is 14.4 Å². The summed E-state index contributed by atoms with van der Waals surface area (Å²) in [5.74, 6) is 0.0275. The Morgan fingerprint density at radius 3 is 2.51 bits per heavy atom. The van der Waals surface area contributed by atoms with Gasteiger partial charge in [-0.25, -0.2) is 9.78 Å². The highest BCUT2D eigenvalue weighted by Crippen LogP contribution is 2.55. The molecule has 10 heteroatoms. The van der Waals surface area contributed by atoms with Crippen molar-refractivity contribution in [2.75, 3.05) is 25.0 Å². The van der Waals surface area contributed by atoms with Gasteiger partial charge in [0.15, 0.2) is 0 Å². The molecule has 5 rings (SSSR count). The number of aromatic nitrogens is 2. The van der Waals surface area contributed by atoms with Gasteiger partial charge < -0.3 is 19.5 Å². The number of nitrogens with zero attached hydrogens (tertiary/aromatic N) is 3. The van der Waals surface area contributed by atoms with Gasteiger partial charge in [0.25, 0.3) is 11.8 Å². The molecule has 37 heavy (non-hydrogen) atoms. The molecule has 1 aliphatic heterocycles. The minimum absolute atomic E-state index is 0.0590. The van der Waals surface area contributed by atoms with Gasteiger partial charge in [-0.2, -0.15) is 0 Å². The van der Waals surface area contributed by atoms with Crippen LogP contribution in [0.25, 0.3) is 11.0 Å². The molecule has 1 saturated heterocycles. The quantitative estimate of drug-likeness (QED) is 0.486. The van der Waals surface area contributed by atoms with E-state index in [4.69, 9.17) is 9.72 Å². The molecular formula is C27H33N5O4S. The van der Waals surface area contributed by atoms with Crippen LogP contribution in [0, 0.1) is 5.41 Å². The number of rotatable bonds is 5. The average Bonchev–Trinajstić information content (AvgIpc) is 3.54. The van der Waals surface area contributed by atoms with Crippen molar-refractivity contribution in [3.05, 3.63) is 46.2 Å². The summed E-state index contributed by atoms with van der Waals surface area (Å²) in [5.41, 5.74) is 1.33. The van der Waals surface area contributed by atoms with E-state index in [1.807, 2.05) is 56.9 Å². The maximum Gasteiger partial charge on any atom is 0.410 e. The van der Waals surface area contributed by atoms with E-state index < -0.39 is 5.60 Å². The standard InChI is InChI=1S/C27H33N5O4S/c1-5-28-22(33)20-10-11-21(37-20)23(34)30-24-29-18-8-6-7-9-19(18)32(24)17-14-27(15-17)12-13-31(16-27)25(35)36-26(2,3)4/h6-11,17H,5,12-16H2,1-4H3,(H,28,33)(H,29,30,34). The molecule has 196 valence electrons. The Bertz CT molecular complexity index is 1350. The number of para-hydroxylation sites is 2. The fraction of sp³-hybridized carbons (Fsp3) is 0.481. The Labute approximate surface area is 220 Å². The van der Waals surface area contributed by atoms with E-state index in [1.54, 1.807) is 12.1 Å². The number of imidazole rings is 1. The largest absolute Gasteiger partial charge is 0.444 e. The summed E-state index contributed by atoms with van der Waals surface area (Å²) in [5, 5.41) is 5.74. The van der Waals surface area contributed by atoms with Crippen molar-refractivity contribution >= 4 is 46.2 Å². The Balaban J connectivity index is 1.32. The summed E-state index contributed by atoms with van der Waals surface area (Å²) in [6.45, 7) is 9.41. The number of ether oxygens (including phenoxy) is 1. The summed E-state index contributed by atoms with van der Waals surface area (Å²) in [6, 6.07) is 11.4. The highest BCUT2D eigenvalue weighted by molar-refractivity contribution is 7.16. The Kier molecular flexibility index (Phi) is 6.47. The number of carbonyl (C=O) groups excluding carboxylic acids is 3. The normalized spacial score (nSPS) is 21.2. The SMILES string of the molecule is CCNC(=O)c1ccc(C(=O)Nc2nc3ccccc3n2C2CC3(CCN(C(=O)OC(C)(C)C)C3)C2)s1. The van der Waals surface area contributed by atoms with Crippen LogP contribution in [-0.2, 0) is 4.74 Å². The average molecular weight is 524 g/mol. The van der Waals surface area contributed by atoms with Gasteiger partial charge in [0.05, 0.1) is 20.8 Å². The van der Waals surface area contributed by atoms with Crippen molar-refractivity contribution in [2.45, 2.75) is 58.6 Å². The molecule has 2 aliphatic rings. The molecule has 3 amide bonds. The molecule has 9 nitrogen and oxygen atoms in total. The van der Waals surface area contributed by atoms with Gasteiger partial charge in [-0.3, -0.25) is 14.9 Å². The van der Waals surface area contributed by atoms with Crippen molar-refractivity contribution in [3.63, 3.8) is 0 Å². The number of anilines is 1. The molecule has 1 saturated carbocycles. The highest BCUT2D eigenvalue weighted by atomic mass is 32.1. The van der Waals surface area contributed by atoms with Crippen LogP contribution in [-0.4, -0.2) is 57.6 Å². The molecule has 1 aromatic carbocycles. The van der Waals surface area contributed by atoms with Crippen LogP contribution < -0.4 is 10.6 Å². The van der Waals surface area contributed by atoms with Gasteiger partial charge in [0.2, 0.25) is 5.95 Å². The smallest absolute Gasteiger partial charge is 0.410 e. The van der Waals surface area contributed by atoms with Crippen LogP contribution in [0.2, 0.25) is 0 Å². The second-order valence-electron chi connectivity index (χ2n) is 11.0. The predicted molar refractivity (Wildman–Crippen MR) is 143 cm³/mol. The van der Waals surface area contributed by atoms with Crippen LogP contribution in [0.4, 0.5) is 10.7 Å². The van der Waals surface area contributed by atoms with Gasteiger partial charge in [0.1, 0.15) is 5.60 Å². The number of hydrogen-bond acceptors (Lipinski definition) is 6. The Morgan fingerprint density at radius 2 is 1.81 bits per heavy atom. The summed E-state index contributed by atoms with van der Waals surface area (Å²) in [6.07, 6.45) is 2.48. The Hall–Kier alpha value is -3.40. The lowest BCUT2D eigenvalue weighted by molar-refractivity contribution is 0.0199. The molecule has 2 fully saturated rings. The van der Waals surface area contributed by atoms with E-state index in [0.29, 0.717) is 35.3 Å². The van der Waals surface area contributed by atoms with Crippen molar-refractivity contribution in [2.24, 2.45) is 5.41 Å². The van der Waals surface area contributed by atoms with Crippen molar-refractivity contribution in [3.8, 4) is 0 Å². The fourth-order valence-electron chi connectivity index (χ4n) is 5.37. The van der Waals surface area contributed by atoms with Crippen LogP contribution in [0.1, 0.15) is 72.3 Å². The maximum atomic E-state index is 13.1. The molecule has 0 radical (unpaired) electrons. The second-order valence-corrected chi connectivity index (χ2v) is 12.1. The number of hydrogen-bond donors (Lipinski definition) is 2. The number of nitrogens with one attached hydrogen (secondary N) is 2.